The number of nitrogens with zero attached hydrogens (tertiary/aromatic N) is 3. The number of nitrogens with one attached hydrogen (secondary N) is 1. The number of benzene rings is 3. The highest BCUT2D eigenvalue weighted by Crippen LogP contribution is 2.38. The second kappa shape index (κ2) is 13.0. The molecule has 206 valence electrons. The van der Waals surface area contributed by atoms with Gasteiger partial charge in [-0.15, -0.1) is 0 Å². The Balaban J connectivity index is 1.26. The number of amidine groups is 1. The van der Waals surface area contributed by atoms with E-state index in [1.807, 2.05) is 60.7 Å². The van der Waals surface area contributed by atoms with Gasteiger partial charge in [-0.2, -0.15) is 5.10 Å². The number of carbonyl (C=O) groups is 2. The monoisotopic (exact) mass is 554 g/mol. The molecule has 2 aliphatic rings. The smallest absolute Gasteiger partial charge is 0.247 e. The van der Waals surface area contributed by atoms with Crippen molar-refractivity contribution in [2.45, 2.75) is 56.7 Å². The Morgan fingerprint density at radius 2 is 1.62 bits per heavy atom. The molecular formula is C32H34N4O3S. The molecule has 3 aromatic rings. The van der Waals surface area contributed by atoms with E-state index in [-0.39, 0.29) is 29.4 Å². The highest BCUT2D eigenvalue weighted by molar-refractivity contribution is 8.14. The normalized spacial score (nSPS) is 18.8. The first-order valence-electron chi connectivity index (χ1n) is 13.9. The van der Waals surface area contributed by atoms with E-state index in [1.54, 1.807) is 29.3 Å². The number of hydrogen-bond acceptors (Lipinski definition) is 6. The van der Waals surface area contributed by atoms with Gasteiger partial charge in [-0.05, 0) is 41.8 Å². The van der Waals surface area contributed by atoms with Gasteiger partial charge < -0.3 is 4.74 Å². The van der Waals surface area contributed by atoms with E-state index >= 15 is 0 Å². The van der Waals surface area contributed by atoms with Gasteiger partial charge >= 0.3 is 0 Å². The number of imide groups is 1. The first-order chi connectivity index (χ1) is 19.5. The molecule has 5 rings (SSSR count). The van der Waals surface area contributed by atoms with Crippen LogP contribution in [0.25, 0.3) is 0 Å². The van der Waals surface area contributed by atoms with Gasteiger partial charge in [0.2, 0.25) is 11.8 Å². The molecule has 2 amide bonds. The lowest BCUT2D eigenvalue weighted by Gasteiger charge is -2.24. The average Bonchev–Trinajstić information content (AvgIpc) is 3.55. The molecule has 2 heterocycles. The maximum atomic E-state index is 13.4. The van der Waals surface area contributed by atoms with Gasteiger partial charge in [0.25, 0.3) is 0 Å². The highest BCUT2D eigenvalue weighted by Gasteiger charge is 2.42. The quantitative estimate of drug-likeness (QED) is 0.129. The van der Waals surface area contributed by atoms with Crippen LogP contribution in [0.5, 0.6) is 5.75 Å². The highest BCUT2D eigenvalue weighted by atomic mass is 32.2. The number of amides is 2. The number of anilines is 1. The lowest BCUT2D eigenvalue weighted by Crippen LogP contribution is -2.32. The van der Waals surface area contributed by atoms with E-state index in [1.165, 1.54) is 17.7 Å². The molecule has 1 N–H and O–H groups in total. The van der Waals surface area contributed by atoms with Crippen LogP contribution in [0.4, 0.5) is 5.69 Å². The summed E-state index contributed by atoms with van der Waals surface area (Å²) in [6.45, 7) is 2.83. The summed E-state index contributed by atoms with van der Waals surface area (Å²) in [7, 11) is 0. The third-order valence-corrected chi connectivity index (χ3v) is 8.19. The summed E-state index contributed by atoms with van der Waals surface area (Å²) in [6.07, 6.45) is 5.21. The first kappa shape index (κ1) is 27.6. The van der Waals surface area contributed by atoms with Crippen molar-refractivity contribution in [1.82, 2.24) is 5.01 Å². The molecule has 1 saturated heterocycles. The molecule has 40 heavy (non-hydrogen) atoms. The molecule has 0 saturated carbocycles. The summed E-state index contributed by atoms with van der Waals surface area (Å²) in [6, 6.07) is 26.9. The Labute approximate surface area is 239 Å². The summed E-state index contributed by atoms with van der Waals surface area (Å²) in [5.41, 5.74) is 3.47. The van der Waals surface area contributed by atoms with Crippen molar-refractivity contribution in [2.75, 3.05) is 11.5 Å². The second-order valence-corrected chi connectivity index (χ2v) is 11.2. The fraction of sp³-hybridized carbons (Fsp3) is 0.312. The molecule has 0 aromatic heterocycles. The van der Waals surface area contributed by atoms with Crippen molar-refractivity contribution in [3.63, 3.8) is 0 Å². The van der Waals surface area contributed by atoms with Gasteiger partial charge in [-0.25, -0.2) is 9.91 Å². The molecule has 0 spiro atoms. The Hall–Kier alpha value is -3.91. The summed E-state index contributed by atoms with van der Waals surface area (Å²) < 4.78 is 5.80. The number of unbranched alkanes of at least 4 members (excludes halogenated alkanes) is 3. The van der Waals surface area contributed by atoms with Gasteiger partial charge in [0.05, 0.1) is 24.0 Å². The van der Waals surface area contributed by atoms with Crippen LogP contribution in [0.1, 0.15) is 62.6 Å². The molecule has 8 heteroatoms. The Morgan fingerprint density at radius 3 is 2.33 bits per heavy atom. The third-order valence-electron chi connectivity index (χ3n) is 7.13. The molecule has 2 aliphatic heterocycles. The van der Waals surface area contributed by atoms with Crippen molar-refractivity contribution in [2.24, 2.45) is 5.10 Å². The predicted octanol–water partition coefficient (Wildman–Crippen LogP) is 6.80. The van der Waals surface area contributed by atoms with Gasteiger partial charge in [0, 0.05) is 12.8 Å². The average molecular weight is 555 g/mol. The number of rotatable bonds is 10. The molecule has 0 aliphatic carbocycles. The van der Waals surface area contributed by atoms with Crippen LogP contribution in [0.2, 0.25) is 0 Å². The second-order valence-electron chi connectivity index (χ2n) is 9.97. The number of hydrazone groups is 1. The molecule has 0 radical (unpaired) electrons. The Kier molecular flexibility index (Phi) is 8.96. The zero-order chi connectivity index (χ0) is 27.9. The van der Waals surface area contributed by atoms with E-state index in [2.05, 4.69) is 6.92 Å². The summed E-state index contributed by atoms with van der Waals surface area (Å²) in [5.74, 6) is 0.147. The van der Waals surface area contributed by atoms with E-state index in [4.69, 9.17) is 15.2 Å². The van der Waals surface area contributed by atoms with Gasteiger partial charge in [0.1, 0.15) is 11.0 Å². The molecule has 2 atom stereocenters. The van der Waals surface area contributed by atoms with E-state index in [0.717, 1.165) is 47.2 Å². The van der Waals surface area contributed by atoms with Crippen molar-refractivity contribution in [3.05, 3.63) is 96.1 Å². The fourth-order valence-corrected chi connectivity index (χ4v) is 5.98. The summed E-state index contributed by atoms with van der Waals surface area (Å²) >= 11 is 1.10. The zero-order valence-corrected chi connectivity index (χ0v) is 23.5. The number of carbonyl (C=O) groups excluding carboxylic acids is 2. The van der Waals surface area contributed by atoms with Crippen LogP contribution in [0.15, 0.2) is 90.0 Å². The predicted molar refractivity (Wildman–Crippen MR) is 161 cm³/mol. The van der Waals surface area contributed by atoms with Crippen molar-refractivity contribution >= 4 is 40.1 Å². The minimum atomic E-state index is -0.679. The van der Waals surface area contributed by atoms with Crippen LogP contribution in [0.3, 0.4) is 0 Å². The standard InChI is InChI=1S/C32H34N4O3S/c1-2-3-4-11-20-39-26-18-16-25(17-19-26)35-30(37)22-29(31(35)38)40-32(33)36-28(24-14-9-6-10-15-24)21-27(34-36)23-12-7-5-8-13-23/h5-10,12-19,28-29,33H,2-4,11,20-22H2,1H3/t28-,29-/m0/s1. The Morgan fingerprint density at radius 1 is 0.925 bits per heavy atom. The minimum absolute atomic E-state index is 0.0423. The van der Waals surface area contributed by atoms with Crippen LogP contribution < -0.4 is 9.64 Å². The minimum Gasteiger partial charge on any atom is -0.494 e. The van der Waals surface area contributed by atoms with E-state index in [9.17, 15) is 9.59 Å². The van der Waals surface area contributed by atoms with Crippen LogP contribution in [-0.4, -0.2) is 39.6 Å². The number of thioether (sulfide) groups is 1. The molecule has 1 fully saturated rings. The van der Waals surface area contributed by atoms with Crippen LogP contribution in [0, 0.1) is 5.41 Å². The number of ether oxygens (including phenoxy) is 1. The first-order valence-corrected chi connectivity index (χ1v) is 14.7. The molecule has 3 aromatic carbocycles. The maximum absolute atomic E-state index is 13.4. The summed E-state index contributed by atoms with van der Waals surface area (Å²) in [4.78, 5) is 27.5. The van der Waals surface area contributed by atoms with Crippen molar-refractivity contribution in [1.29, 1.82) is 5.41 Å². The Bertz CT molecular complexity index is 1360. The van der Waals surface area contributed by atoms with Crippen molar-refractivity contribution < 1.29 is 14.3 Å². The third kappa shape index (κ3) is 6.28. The largest absolute Gasteiger partial charge is 0.494 e. The topological polar surface area (TPSA) is 86.1 Å². The molecule has 7 nitrogen and oxygen atoms in total. The van der Waals surface area contributed by atoms with Crippen LogP contribution in [-0.2, 0) is 9.59 Å². The van der Waals surface area contributed by atoms with Gasteiger partial charge in [0.15, 0.2) is 5.17 Å². The summed E-state index contributed by atoms with van der Waals surface area (Å²) in [5, 5.41) is 14.9. The lowest BCUT2D eigenvalue weighted by molar-refractivity contribution is -0.121. The van der Waals surface area contributed by atoms with Gasteiger partial charge in [-0.3, -0.25) is 15.0 Å². The lowest BCUT2D eigenvalue weighted by atomic mass is 9.99. The number of hydrogen-bond donors (Lipinski definition) is 1. The maximum Gasteiger partial charge on any atom is 0.247 e. The van der Waals surface area contributed by atoms with E-state index in [0.29, 0.717) is 18.7 Å². The fourth-order valence-electron chi connectivity index (χ4n) is 5.00. The molecule has 0 unspecified atom stereocenters. The molecular weight excluding hydrogens is 520 g/mol. The van der Waals surface area contributed by atoms with Gasteiger partial charge in [-0.1, -0.05) is 98.6 Å². The SMILES string of the molecule is CCCCCCOc1ccc(N2C(=O)C[C@H](SC(=N)N3N=C(c4ccccc4)C[C@H]3c3ccccc3)C2=O)cc1. The molecule has 0 bridgehead atoms. The van der Waals surface area contributed by atoms with Crippen LogP contribution >= 0.6 is 11.8 Å². The zero-order valence-electron chi connectivity index (χ0n) is 22.7. The van der Waals surface area contributed by atoms with E-state index < -0.39 is 5.25 Å². The van der Waals surface area contributed by atoms with Crippen molar-refractivity contribution in [3.8, 4) is 5.75 Å².